The molecule has 6 nitrogen and oxygen atoms in total. The van der Waals surface area contributed by atoms with Gasteiger partial charge < -0.3 is 27.8 Å². The predicted molar refractivity (Wildman–Crippen MR) is 546 cm³/mol. The van der Waals surface area contributed by atoms with Crippen LogP contribution in [0.5, 0.6) is 0 Å². The Balaban J connectivity index is 0.000000144. The van der Waals surface area contributed by atoms with Crippen molar-refractivity contribution >= 4 is 132 Å². The summed E-state index contributed by atoms with van der Waals surface area (Å²) in [6, 6.07) is 179. The van der Waals surface area contributed by atoms with Crippen molar-refractivity contribution in [3.05, 3.63) is 497 Å². The number of anilines is 6. The Labute approximate surface area is 752 Å². The number of rotatable bonds is 16. The van der Waals surface area contributed by atoms with E-state index in [1.54, 1.807) is 0 Å². The number of hydrogen-bond acceptors (Lipinski definition) is 4. The second-order valence-electron chi connectivity index (χ2n) is 33.5. The van der Waals surface area contributed by atoms with Crippen LogP contribution in [-0.2, 0) is 0 Å². The third kappa shape index (κ3) is 14.2. The zero-order valence-corrected chi connectivity index (χ0v) is 70.9. The standard InChI is InChI=1S/C64H42N2O.C60H40N2O/c1-2-10-50-41-51(22-21-43(50)9-1)48-19-17-44(18-20-48)45-23-32-53(33-24-45)65(55-36-29-49(30-37-55)52-31-40-60-59-13-5-8-16-63(59)67-64(60)42-52)54-34-25-46(26-35-54)47-27-38-56(39-28-47)66-61-14-6-3-11-57(61)58-12-4-7-15-62(58)66;1-2-10-41(11-3-1)42-18-20-43(21-19-42)44-22-31-49(32-23-44)61(51-35-28-47(29-36-51)48-30-39-60-56(40-48)55-14-6-9-17-59(55)63-60)50-33-24-45(25-34-50)46-26-37-52(38-27-46)62-57-15-7-4-12-53(57)54-13-5-8-16-58(54)62/h1-42H;1-40H. The van der Waals surface area contributed by atoms with E-state index in [0.717, 1.165) is 117 Å². The van der Waals surface area contributed by atoms with Crippen LogP contribution in [0.2, 0.25) is 0 Å². The smallest absolute Gasteiger partial charge is 0.136 e. The summed E-state index contributed by atoms with van der Waals surface area (Å²) in [7, 11) is 0. The van der Waals surface area contributed by atoms with E-state index in [-0.39, 0.29) is 0 Å². The van der Waals surface area contributed by atoms with Crippen LogP contribution in [0.4, 0.5) is 34.1 Å². The Morgan fingerprint density at radius 1 is 0.138 bits per heavy atom. The van der Waals surface area contributed by atoms with Crippen molar-refractivity contribution in [3.8, 4) is 100 Å². The molecular formula is C124H82N4O2. The molecule has 0 unspecified atom stereocenters. The fourth-order valence-corrected chi connectivity index (χ4v) is 19.2. The SMILES string of the molecule is c1ccc(-c2ccc(-c3ccc(N(c4ccc(-c5ccc(-n6c7ccccc7c7ccccc76)cc5)cc4)c4ccc(-c5ccc6oc7ccccc7c6c5)cc4)cc3)cc2)cc1.c1ccc2cc(-c3ccc(-c4ccc(N(c5ccc(-c6ccc(-n7c8ccccc8c8ccccc87)cc6)cc5)c5ccc(-c6ccc7c(c6)oc6ccccc67)cc5)cc4)cc3)ccc2c1. The highest BCUT2D eigenvalue weighted by Gasteiger charge is 2.21. The van der Waals surface area contributed by atoms with E-state index in [1.807, 2.05) is 24.3 Å². The Bertz CT molecular complexity index is 8400. The van der Waals surface area contributed by atoms with Crippen molar-refractivity contribution in [2.75, 3.05) is 9.80 Å². The van der Waals surface area contributed by atoms with Gasteiger partial charge in [0.2, 0.25) is 0 Å². The Morgan fingerprint density at radius 2 is 0.377 bits per heavy atom. The lowest BCUT2D eigenvalue weighted by Gasteiger charge is -2.26. The minimum absolute atomic E-state index is 0.897. The van der Waals surface area contributed by atoms with Gasteiger partial charge in [0.1, 0.15) is 22.3 Å². The zero-order valence-electron chi connectivity index (χ0n) is 70.9. The predicted octanol–water partition coefficient (Wildman–Crippen LogP) is 34.8. The molecule has 4 heterocycles. The molecule has 610 valence electrons. The first kappa shape index (κ1) is 76.3. The molecule has 0 spiro atoms. The first-order valence-corrected chi connectivity index (χ1v) is 44.4. The van der Waals surface area contributed by atoms with E-state index in [4.69, 9.17) is 8.83 Å². The zero-order chi connectivity index (χ0) is 86.0. The van der Waals surface area contributed by atoms with Crippen LogP contribution >= 0.6 is 0 Å². The van der Waals surface area contributed by atoms with Crippen LogP contribution in [0.3, 0.4) is 0 Å². The Morgan fingerprint density at radius 3 is 0.762 bits per heavy atom. The van der Waals surface area contributed by atoms with Gasteiger partial charge in [0, 0.05) is 88.6 Å². The Hall–Kier alpha value is -17.3. The lowest BCUT2D eigenvalue weighted by molar-refractivity contribution is 0.668. The van der Waals surface area contributed by atoms with Crippen molar-refractivity contribution < 1.29 is 8.83 Å². The van der Waals surface area contributed by atoms with E-state index in [1.165, 1.54) is 116 Å². The van der Waals surface area contributed by atoms with Gasteiger partial charge in [0.15, 0.2) is 0 Å². The third-order valence-corrected chi connectivity index (χ3v) is 25.9. The summed E-state index contributed by atoms with van der Waals surface area (Å²) in [6.45, 7) is 0. The minimum atomic E-state index is 0.897. The van der Waals surface area contributed by atoms with Gasteiger partial charge in [-0.2, -0.15) is 0 Å². The Kier molecular flexibility index (Phi) is 19.2. The molecule has 0 N–H and O–H groups in total. The van der Waals surface area contributed by atoms with E-state index in [9.17, 15) is 0 Å². The molecule has 0 fully saturated rings. The molecule has 0 aliphatic rings. The molecule has 25 aromatic rings. The summed E-state index contributed by atoms with van der Waals surface area (Å²) in [5.74, 6) is 0. The number of nitrogens with zero attached hydrogens (tertiary/aromatic N) is 4. The highest BCUT2D eigenvalue weighted by Crippen LogP contribution is 2.45. The topological polar surface area (TPSA) is 42.6 Å². The molecule has 0 radical (unpaired) electrons. The van der Waals surface area contributed by atoms with Crippen molar-refractivity contribution in [2.24, 2.45) is 0 Å². The second-order valence-corrected chi connectivity index (χ2v) is 33.5. The summed E-state index contributed by atoms with van der Waals surface area (Å²) in [5.41, 5.74) is 36.1. The lowest BCUT2D eigenvalue weighted by Crippen LogP contribution is -2.09. The maximum absolute atomic E-state index is 6.26. The van der Waals surface area contributed by atoms with Crippen LogP contribution < -0.4 is 9.80 Å². The van der Waals surface area contributed by atoms with Gasteiger partial charge in [0.25, 0.3) is 0 Å². The largest absolute Gasteiger partial charge is 0.456 e. The molecule has 4 aromatic heterocycles. The van der Waals surface area contributed by atoms with E-state index < -0.39 is 0 Å². The van der Waals surface area contributed by atoms with E-state index in [2.05, 4.69) is 492 Å². The van der Waals surface area contributed by atoms with Gasteiger partial charge >= 0.3 is 0 Å². The lowest BCUT2D eigenvalue weighted by atomic mass is 9.98. The van der Waals surface area contributed by atoms with Crippen molar-refractivity contribution in [1.29, 1.82) is 0 Å². The molecule has 6 heteroatoms. The second kappa shape index (κ2) is 32.7. The maximum Gasteiger partial charge on any atom is 0.136 e. The number of hydrogen-bond donors (Lipinski definition) is 0. The van der Waals surface area contributed by atoms with Gasteiger partial charge in [-0.25, -0.2) is 0 Å². The molecule has 0 bridgehead atoms. The van der Waals surface area contributed by atoms with Gasteiger partial charge in [-0.3, -0.25) is 0 Å². The molecule has 0 atom stereocenters. The molecule has 25 rings (SSSR count). The summed E-state index contributed by atoms with van der Waals surface area (Å²) < 4.78 is 17.1. The molecule has 130 heavy (non-hydrogen) atoms. The van der Waals surface area contributed by atoms with Gasteiger partial charge in [-0.1, -0.05) is 334 Å². The van der Waals surface area contributed by atoms with E-state index in [0.29, 0.717) is 0 Å². The van der Waals surface area contributed by atoms with Crippen LogP contribution in [-0.4, -0.2) is 9.13 Å². The quantitative estimate of drug-likeness (QED) is 0.0967. The van der Waals surface area contributed by atoms with Crippen LogP contribution in [0.25, 0.3) is 199 Å². The average Bonchev–Trinajstić information content (AvgIpc) is 1.60. The number of aromatic nitrogens is 2. The van der Waals surface area contributed by atoms with Crippen LogP contribution in [0.1, 0.15) is 0 Å². The third-order valence-electron chi connectivity index (χ3n) is 25.9. The molecule has 0 aliphatic heterocycles. The molecule has 0 saturated carbocycles. The molecule has 0 amide bonds. The highest BCUT2D eigenvalue weighted by atomic mass is 16.3. The number of fused-ring (bicyclic) bond motifs is 13. The average molecular weight is 1660 g/mol. The molecule has 0 aliphatic carbocycles. The summed E-state index contributed by atoms with van der Waals surface area (Å²) in [6.07, 6.45) is 0. The van der Waals surface area contributed by atoms with Crippen molar-refractivity contribution in [1.82, 2.24) is 9.13 Å². The van der Waals surface area contributed by atoms with Gasteiger partial charge in [-0.15, -0.1) is 0 Å². The normalized spacial score (nSPS) is 11.5. The first-order chi connectivity index (χ1) is 64.4. The summed E-state index contributed by atoms with van der Waals surface area (Å²) in [4.78, 5) is 4.68. The summed E-state index contributed by atoms with van der Waals surface area (Å²) >= 11 is 0. The molecule has 0 saturated heterocycles. The fraction of sp³-hybridized carbons (Fsp3) is 0. The number of benzene rings is 21. The fourth-order valence-electron chi connectivity index (χ4n) is 19.2. The molecule has 21 aromatic carbocycles. The maximum atomic E-state index is 6.26. The molecular weight excluding hydrogens is 1580 g/mol. The van der Waals surface area contributed by atoms with Crippen LogP contribution in [0.15, 0.2) is 506 Å². The number of para-hydroxylation sites is 6. The van der Waals surface area contributed by atoms with Crippen LogP contribution in [0, 0.1) is 0 Å². The van der Waals surface area contributed by atoms with Gasteiger partial charge in [-0.05, 0) is 264 Å². The van der Waals surface area contributed by atoms with Crippen molar-refractivity contribution in [3.63, 3.8) is 0 Å². The highest BCUT2D eigenvalue weighted by molar-refractivity contribution is 6.12. The monoisotopic (exact) mass is 1660 g/mol. The first-order valence-electron chi connectivity index (χ1n) is 44.4. The number of furan rings is 2. The van der Waals surface area contributed by atoms with Gasteiger partial charge in [0.05, 0.1) is 22.1 Å². The van der Waals surface area contributed by atoms with E-state index >= 15 is 0 Å². The van der Waals surface area contributed by atoms with Crippen molar-refractivity contribution in [2.45, 2.75) is 0 Å². The summed E-state index contributed by atoms with van der Waals surface area (Å²) in [5, 5.41) is 12.1. The minimum Gasteiger partial charge on any atom is -0.456 e.